The summed E-state index contributed by atoms with van der Waals surface area (Å²) in [5, 5.41) is 18.6. The molecule has 4 heteroatoms. The monoisotopic (exact) mass is 376 g/mol. The second-order valence-electron chi connectivity index (χ2n) is 9.60. The van der Waals surface area contributed by atoms with Crippen molar-refractivity contribution in [3.05, 3.63) is 22.8 Å². The average molecular weight is 377 g/mol. The first-order valence-corrected chi connectivity index (χ1v) is 10.6. The molecule has 0 bridgehead atoms. The van der Waals surface area contributed by atoms with Crippen LogP contribution in [0.2, 0.25) is 0 Å². The summed E-state index contributed by atoms with van der Waals surface area (Å²) in [5.74, 6) is 0.609. The molecule has 4 nitrogen and oxygen atoms in total. The maximum absolute atomic E-state index is 13.1. The SMILES string of the molecule is CC(C)=C1C=C2CC[C@@H]3[C@](C)(CCC[C@@]3(C)C(=O)OC(CO)CO)[C@H]2CC1. The van der Waals surface area contributed by atoms with Crippen molar-refractivity contribution in [2.75, 3.05) is 13.2 Å². The van der Waals surface area contributed by atoms with E-state index in [1.807, 2.05) is 0 Å². The second-order valence-corrected chi connectivity index (χ2v) is 9.60. The highest BCUT2D eigenvalue weighted by Gasteiger charge is 2.58. The lowest BCUT2D eigenvalue weighted by atomic mass is 9.46. The van der Waals surface area contributed by atoms with Crippen LogP contribution in [0.3, 0.4) is 0 Å². The lowest BCUT2D eigenvalue weighted by Crippen LogP contribution is -2.54. The summed E-state index contributed by atoms with van der Waals surface area (Å²) in [6.45, 7) is 8.19. The van der Waals surface area contributed by atoms with Crippen LogP contribution >= 0.6 is 0 Å². The van der Waals surface area contributed by atoms with E-state index in [-0.39, 0.29) is 24.6 Å². The Bertz CT molecular complexity index is 641. The first-order chi connectivity index (χ1) is 12.8. The number of allylic oxidation sites excluding steroid dienone is 4. The minimum absolute atomic E-state index is 0.122. The van der Waals surface area contributed by atoms with Gasteiger partial charge in [-0.1, -0.05) is 30.6 Å². The number of fused-ring (bicyclic) bond motifs is 3. The zero-order valence-corrected chi connectivity index (χ0v) is 17.4. The Labute approximate surface area is 163 Å². The van der Waals surface area contributed by atoms with E-state index in [4.69, 9.17) is 4.74 Å². The van der Waals surface area contributed by atoms with Crippen LogP contribution in [0.25, 0.3) is 0 Å². The van der Waals surface area contributed by atoms with Gasteiger partial charge in [-0.05, 0) is 82.1 Å². The summed E-state index contributed by atoms with van der Waals surface area (Å²) in [7, 11) is 0. The number of aliphatic hydroxyl groups is 2. The smallest absolute Gasteiger partial charge is 0.312 e. The molecule has 0 spiro atoms. The average Bonchev–Trinajstić information content (AvgIpc) is 2.65. The van der Waals surface area contributed by atoms with Crippen molar-refractivity contribution in [2.24, 2.45) is 22.7 Å². The standard InChI is InChI=1S/C23H36O4/c1-15(2)16-6-8-19-17(12-16)7-9-20-22(19,3)10-5-11-23(20,4)21(26)27-18(13-24)14-25/h12,18-20,24-25H,5-11,13-14H2,1-4H3/t19-,20+,22+,23+/m0/s1. The van der Waals surface area contributed by atoms with Gasteiger partial charge in [0.2, 0.25) is 0 Å². The molecule has 3 aliphatic carbocycles. The number of esters is 1. The molecule has 0 aromatic carbocycles. The Morgan fingerprint density at radius 3 is 2.52 bits per heavy atom. The molecule has 27 heavy (non-hydrogen) atoms. The fraction of sp³-hybridized carbons (Fsp3) is 0.783. The lowest BCUT2D eigenvalue weighted by Gasteiger charge is -2.58. The third-order valence-electron chi connectivity index (χ3n) is 7.79. The second kappa shape index (κ2) is 7.71. The van der Waals surface area contributed by atoms with Crippen LogP contribution in [-0.2, 0) is 9.53 Å². The molecule has 3 aliphatic rings. The fourth-order valence-electron chi connectivity index (χ4n) is 6.23. The number of hydrogen-bond donors (Lipinski definition) is 2. The van der Waals surface area contributed by atoms with Crippen LogP contribution in [0.5, 0.6) is 0 Å². The molecule has 152 valence electrons. The van der Waals surface area contributed by atoms with Crippen LogP contribution in [0.1, 0.15) is 72.6 Å². The van der Waals surface area contributed by atoms with E-state index >= 15 is 0 Å². The van der Waals surface area contributed by atoms with Gasteiger partial charge in [-0.2, -0.15) is 0 Å². The van der Waals surface area contributed by atoms with Gasteiger partial charge in [0.1, 0.15) is 6.10 Å². The van der Waals surface area contributed by atoms with Crippen molar-refractivity contribution >= 4 is 5.97 Å². The van der Waals surface area contributed by atoms with Gasteiger partial charge in [0, 0.05) is 0 Å². The Hall–Kier alpha value is -1.13. The third-order valence-corrected chi connectivity index (χ3v) is 7.79. The van der Waals surface area contributed by atoms with Gasteiger partial charge in [0.25, 0.3) is 0 Å². The lowest BCUT2D eigenvalue weighted by molar-refractivity contribution is -0.180. The molecule has 0 amide bonds. The van der Waals surface area contributed by atoms with Crippen LogP contribution < -0.4 is 0 Å². The summed E-state index contributed by atoms with van der Waals surface area (Å²) in [5.41, 5.74) is 4.09. The highest BCUT2D eigenvalue weighted by Crippen LogP contribution is 2.63. The largest absolute Gasteiger partial charge is 0.457 e. The van der Waals surface area contributed by atoms with Gasteiger partial charge < -0.3 is 14.9 Å². The summed E-state index contributed by atoms with van der Waals surface area (Å²) < 4.78 is 5.51. The minimum Gasteiger partial charge on any atom is -0.457 e. The first kappa shape index (κ1) is 20.6. The molecule has 0 radical (unpaired) electrons. The number of carbonyl (C=O) groups is 1. The molecule has 3 rings (SSSR count). The van der Waals surface area contributed by atoms with Gasteiger partial charge >= 0.3 is 5.97 Å². The van der Waals surface area contributed by atoms with Crippen molar-refractivity contribution in [3.8, 4) is 0 Å². The maximum Gasteiger partial charge on any atom is 0.312 e. The van der Waals surface area contributed by atoms with Crippen LogP contribution in [0.15, 0.2) is 22.8 Å². The molecular weight excluding hydrogens is 340 g/mol. The summed E-state index contributed by atoms with van der Waals surface area (Å²) in [6, 6.07) is 0. The summed E-state index contributed by atoms with van der Waals surface area (Å²) >= 11 is 0. The molecule has 0 saturated heterocycles. The van der Waals surface area contributed by atoms with E-state index in [1.54, 1.807) is 5.57 Å². The maximum atomic E-state index is 13.1. The topological polar surface area (TPSA) is 66.8 Å². The number of ether oxygens (including phenoxy) is 1. The predicted octanol–water partition coefficient (Wildman–Crippen LogP) is 4.16. The Balaban J connectivity index is 1.89. The van der Waals surface area contributed by atoms with Crippen molar-refractivity contribution in [1.29, 1.82) is 0 Å². The fourth-order valence-corrected chi connectivity index (χ4v) is 6.23. The Morgan fingerprint density at radius 2 is 1.89 bits per heavy atom. The summed E-state index contributed by atoms with van der Waals surface area (Å²) in [6.07, 6.45) is 9.06. The highest BCUT2D eigenvalue weighted by molar-refractivity contribution is 5.77. The van der Waals surface area contributed by atoms with Crippen molar-refractivity contribution < 1.29 is 19.7 Å². The molecule has 2 N–H and O–H groups in total. The Morgan fingerprint density at radius 1 is 1.19 bits per heavy atom. The van der Waals surface area contributed by atoms with Crippen LogP contribution in [-0.4, -0.2) is 35.5 Å². The number of aliphatic hydroxyl groups excluding tert-OH is 2. The summed E-state index contributed by atoms with van der Waals surface area (Å²) in [4.78, 5) is 13.1. The molecule has 2 fully saturated rings. The van der Waals surface area contributed by atoms with E-state index in [0.29, 0.717) is 11.8 Å². The van der Waals surface area contributed by atoms with Crippen molar-refractivity contribution in [2.45, 2.75) is 78.7 Å². The molecule has 0 aliphatic heterocycles. The van der Waals surface area contributed by atoms with Gasteiger partial charge in [-0.15, -0.1) is 0 Å². The van der Waals surface area contributed by atoms with Gasteiger partial charge in [0.05, 0.1) is 18.6 Å². The molecular formula is C23H36O4. The van der Waals surface area contributed by atoms with Crippen molar-refractivity contribution in [3.63, 3.8) is 0 Å². The molecule has 2 saturated carbocycles. The Kier molecular flexibility index (Phi) is 5.88. The zero-order chi connectivity index (χ0) is 19.8. The first-order valence-electron chi connectivity index (χ1n) is 10.6. The third kappa shape index (κ3) is 3.51. The van der Waals surface area contributed by atoms with E-state index < -0.39 is 11.5 Å². The molecule has 4 atom stereocenters. The predicted molar refractivity (Wildman–Crippen MR) is 106 cm³/mol. The zero-order valence-electron chi connectivity index (χ0n) is 17.4. The van der Waals surface area contributed by atoms with Gasteiger partial charge in [-0.25, -0.2) is 0 Å². The van der Waals surface area contributed by atoms with E-state index in [9.17, 15) is 15.0 Å². The van der Waals surface area contributed by atoms with Gasteiger partial charge in [0.15, 0.2) is 0 Å². The normalized spacial score (nSPS) is 36.0. The van der Waals surface area contributed by atoms with E-state index in [0.717, 1.165) is 38.5 Å². The number of rotatable bonds is 4. The van der Waals surface area contributed by atoms with Crippen molar-refractivity contribution in [1.82, 2.24) is 0 Å². The van der Waals surface area contributed by atoms with Crippen LogP contribution in [0, 0.1) is 22.7 Å². The molecule has 0 heterocycles. The quantitative estimate of drug-likeness (QED) is 0.723. The van der Waals surface area contributed by atoms with E-state index in [2.05, 4.69) is 33.8 Å². The molecule has 0 aromatic rings. The number of carbonyl (C=O) groups excluding carboxylic acids is 1. The number of hydrogen-bond acceptors (Lipinski definition) is 4. The minimum atomic E-state index is -0.809. The molecule has 0 unspecified atom stereocenters. The highest BCUT2D eigenvalue weighted by atomic mass is 16.6. The van der Waals surface area contributed by atoms with Gasteiger partial charge in [-0.3, -0.25) is 4.79 Å². The van der Waals surface area contributed by atoms with E-state index in [1.165, 1.54) is 17.6 Å². The molecule has 0 aromatic heterocycles. The van der Waals surface area contributed by atoms with Crippen LogP contribution in [0.4, 0.5) is 0 Å².